The molecular weight excluding hydrogens is 409 g/mol. The molecule has 2 heterocycles. The first-order chi connectivity index (χ1) is 10.2. The van der Waals surface area contributed by atoms with E-state index in [-0.39, 0.29) is 24.0 Å². The van der Waals surface area contributed by atoms with Crippen LogP contribution >= 0.6 is 35.3 Å². The number of aryl methyl sites for hydroxylation is 1. The van der Waals surface area contributed by atoms with Gasteiger partial charge in [0.05, 0.1) is 6.54 Å². The standard InChI is InChI=1S/C15H27N5S.HI/c1-12-5-4-7-20(11-12)8-6-17-15(16-3)19-10-14-18-9-13(2)21-14;/h9,12H,4-8,10-11H2,1-3H3,(H2,16,17,19);1H. The number of piperidine rings is 1. The van der Waals surface area contributed by atoms with Crippen molar-refractivity contribution in [3.8, 4) is 0 Å². The highest BCUT2D eigenvalue weighted by atomic mass is 127. The number of thiazole rings is 1. The maximum Gasteiger partial charge on any atom is 0.191 e. The van der Waals surface area contributed by atoms with Crippen LogP contribution < -0.4 is 10.6 Å². The molecule has 1 aromatic rings. The summed E-state index contributed by atoms with van der Waals surface area (Å²) >= 11 is 1.72. The lowest BCUT2D eigenvalue weighted by Gasteiger charge is -2.30. The van der Waals surface area contributed by atoms with Crippen LogP contribution in [0.15, 0.2) is 11.2 Å². The highest BCUT2D eigenvalue weighted by Gasteiger charge is 2.15. The third kappa shape index (κ3) is 6.78. The summed E-state index contributed by atoms with van der Waals surface area (Å²) in [5.41, 5.74) is 0. The molecule has 2 N–H and O–H groups in total. The number of halogens is 1. The maximum absolute atomic E-state index is 4.35. The van der Waals surface area contributed by atoms with Crippen LogP contribution in [0.5, 0.6) is 0 Å². The lowest BCUT2D eigenvalue weighted by atomic mass is 10.0. The van der Waals surface area contributed by atoms with E-state index in [9.17, 15) is 0 Å². The van der Waals surface area contributed by atoms with E-state index in [1.807, 2.05) is 13.2 Å². The van der Waals surface area contributed by atoms with Crippen molar-refractivity contribution in [3.05, 3.63) is 16.1 Å². The van der Waals surface area contributed by atoms with Crippen LogP contribution in [0.4, 0.5) is 0 Å². The Balaban J connectivity index is 0.00000242. The van der Waals surface area contributed by atoms with Gasteiger partial charge in [-0.15, -0.1) is 35.3 Å². The van der Waals surface area contributed by atoms with Crippen LogP contribution in [0.1, 0.15) is 29.7 Å². The molecule has 1 atom stereocenters. The summed E-state index contributed by atoms with van der Waals surface area (Å²) in [4.78, 5) is 12.4. The third-order valence-electron chi connectivity index (χ3n) is 3.76. The van der Waals surface area contributed by atoms with Crippen molar-refractivity contribution >= 4 is 41.3 Å². The molecule has 1 saturated heterocycles. The molecule has 7 heteroatoms. The SMILES string of the molecule is CN=C(NCCN1CCCC(C)C1)NCc1ncc(C)s1.I. The molecule has 0 aliphatic carbocycles. The zero-order valence-electron chi connectivity index (χ0n) is 13.8. The number of nitrogens with zero attached hydrogens (tertiary/aromatic N) is 3. The molecule has 1 aliphatic rings. The first-order valence-electron chi connectivity index (χ1n) is 7.75. The second kappa shape index (κ2) is 10.4. The van der Waals surface area contributed by atoms with Crippen LogP contribution in [-0.4, -0.2) is 49.1 Å². The molecule has 1 aliphatic heterocycles. The van der Waals surface area contributed by atoms with Gasteiger partial charge in [0, 0.05) is 37.8 Å². The Morgan fingerprint density at radius 1 is 1.50 bits per heavy atom. The minimum absolute atomic E-state index is 0. The van der Waals surface area contributed by atoms with E-state index < -0.39 is 0 Å². The lowest BCUT2D eigenvalue weighted by Crippen LogP contribution is -2.43. The van der Waals surface area contributed by atoms with E-state index in [2.05, 4.69) is 39.4 Å². The smallest absolute Gasteiger partial charge is 0.191 e. The van der Waals surface area contributed by atoms with Crippen LogP contribution in [-0.2, 0) is 6.54 Å². The van der Waals surface area contributed by atoms with E-state index in [1.165, 1.54) is 30.8 Å². The number of aromatic nitrogens is 1. The minimum Gasteiger partial charge on any atom is -0.355 e. The number of hydrogen-bond acceptors (Lipinski definition) is 4. The second-order valence-electron chi connectivity index (χ2n) is 5.77. The van der Waals surface area contributed by atoms with Crippen LogP contribution in [0.3, 0.4) is 0 Å². The van der Waals surface area contributed by atoms with Crippen molar-refractivity contribution in [3.63, 3.8) is 0 Å². The lowest BCUT2D eigenvalue weighted by molar-refractivity contribution is 0.187. The van der Waals surface area contributed by atoms with E-state index in [1.54, 1.807) is 11.3 Å². The van der Waals surface area contributed by atoms with Crippen LogP contribution in [0.2, 0.25) is 0 Å². The van der Waals surface area contributed by atoms with Gasteiger partial charge in [-0.1, -0.05) is 6.92 Å². The molecule has 0 aromatic carbocycles. The van der Waals surface area contributed by atoms with Gasteiger partial charge in [-0.2, -0.15) is 0 Å². The average Bonchev–Trinajstić information content (AvgIpc) is 2.88. The van der Waals surface area contributed by atoms with Gasteiger partial charge in [-0.25, -0.2) is 4.98 Å². The molecule has 0 bridgehead atoms. The largest absolute Gasteiger partial charge is 0.355 e. The van der Waals surface area contributed by atoms with Crippen LogP contribution in [0.25, 0.3) is 0 Å². The summed E-state index contributed by atoms with van der Waals surface area (Å²) in [6, 6.07) is 0. The van der Waals surface area contributed by atoms with E-state index in [4.69, 9.17) is 0 Å². The molecule has 1 fully saturated rings. The van der Waals surface area contributed by atoms with E-state index >= 15 is 0 Å². The molecule has 22 heavy (non-hydrogen) atoms. The fourth-order valence-corrected chi connectivity index (χ4v) is 3.41. The fourth-order valence-electron chi connectivity index (χ4n) is 2.69. The Kier molecular flexibility index (Phi) is 9.27. The molecule has 5 nitrogen and oxygen atoms in total. The number of likely N-dealkylation sites (tertiary alicyclic amines) is 1. The Morgan fingerprint density at radius 2 is 2.32 bits per heavy atom. The molecule has 0 radical (unpaired) electrons. The van der Waals surface area contributed by atoms with Gasteiger partial charge in [0.2, 0.25) is 0 Å². The number of aliphatic imine (C=N–C) groups is 1. The predicted molar refractivity (Wildman–Crippen MR) is 105 cm³/mol. The number of rotatable bonds is 5. The first-order valence-corrected chi connectivity index (χ1v) is 8.57. The van der Waals surface area contributed by atoms with Crippen molar-refractivity contribution in [2.45, 2.75) is 33.2 Å². The second-order valence-corrected chi connectivity index (χ2v) is 7.08. The molecule has 1 aromatic heterocycles. The summed E-state index contributed by atoms with van der Waals surface area (Å²) in [5, 5.41) is 7.79. The molecule has 1 unspecified atom stereocenters. The Bertz CT molecular complexity index is 463. The Labute approximate surface area is 155 Å². The van der Waals surface area contributed by atoms with Gasteiger partial charge < -0.3 is 15.5 Å². The van der Waals surface area contributed by atoms with Crippen molar-refractivity contribution < 1.29 is 0 Å². The van der Waals surface area contributed by atoms with E-state index in [0.29, 0.717) is 0 Å². The van der Waals surface area contributed by atoms with Gasteiger partial charge >= 0.3 is 0 Å². The zero-order valence-corrected chi connectivity index (χ0v) is 16.9. The summed E-state index contributed by atoms with van der Waals surface area (Å²) in [6.45, 7) is 9.64. The number of nitrogens with one attached hydrogen (secondary N) is 2. The van der Waals surface area contributed by atoms with Crippen molar-refractivity contribution in [2.24, 2.45) is 10.9 Å². The maximum atomic E-state index is 4.35. The molecule has 0 spiro atoms. The van der Waals surface area contributed by atoms with Gasteiger partial charge in [-0.3, -0.25) is 4.99 Å². The van der Waals surface area contributed by atoms with Crippen LogP contribution in [0, 0.1) is 12.8 Å². The minimum atomic E-state index is 0. The number of guanidine groups is 1. The first kappa shape index (κ1) is 19.6. The summed E-state index contributed by atoms with van der Waals surface area (Å²) in [5.74, 6) is 1.69. The molecular formula is C15H28IN5S. The van der Waals surface area contributed by atoms with Gasteiger partial charge in [-0.05, 0) is 32.2 Å². The molecule has 126 valence electrons. The zero-order chi connectivity index (χ0) is 15.1. The Morgan fingerprint density at radius 3 is 2.95 bits per heavy atom. The monoisotopic (exact) mass is 437 g/mol. The molecule has 0 saturated carbocycles. The fraction of sp³-hybridized carbons (Fsp3) is 0.733. The Hall–Kier alpha value is -0.410. The van der Waals surface area contributed by atoms with Crippen molar-refractivity contribution in [2.75, 3.05) is 33.2 Å². The van der Waals surface area contributed by atoms with Gasteiger partial charge in [0.1, 0.15) is 5.01 Å². The molecule has 0 amide bonds. The molecule has 2 rings (SSSR count). The summed E-state index contributed by atoms with van der Waals surface area (Å²) < 4.78 is 0. The van der Waals surface area contributed by atoms with Gasteiger partial charge in [0.15, 0.2) is 5.96 Å². The van der Waals surface area contributed by atoms with Crippen molar-refractivity contribution in [1.29, 1.82) is 0 Å². The normalized spacial score (nSPS) is 19.6. The number of hydrogen-bond donors (Lipinski definition) is 2. The van der Waals surface area contributed by atoms with E-state index in [0.717, 1.165) is 36.5 Å². The van der Waals surface area contributed by atoms with Gasteiger partial charge in [0.25, 0.3) is 0 Å². The highest BCUT2D eigenvalue weighted by molar-refractivity contribution is 14.0. The highest BCUT2D eigenvalue weighted by Crippen LogP contribution is 2.14. The average molecular weight is 437 g/mol. The summed E-state index contributed by atoms with van der Waals surface area (Å²) in [7, 11) is 1.81. The van der Waals surface area contributed by atoms with Crippen molar-refractivity contribution in [1.82, 2.24) is 20.5 Å². The quantitative estimate of drug-likeness (QED) is 0.422. The summed E-state index contributed by atoms with van der Waals surface area (Å²) in [6.07, 6.45) is 4.62. The third-order valence-corrected chi connectivity index (χ3v) is 4.67. The predicted octanol–water partition coefficient (Wildman–Crippen LogP) is 2.47. The topological polar surface area (TPSA) is 52.6 Å².